The van der Waals surface area contributed by atoms with Crippen molar-refractivity contribution < 1.29 is 48.6 Å². The SMILES string of the molecule is CC.CC.CC.CC1(O)c2ccccc2C(=O)c2cc3ccccc3cc21.CC1(O)c2ccccc2C(C)(O)c2cc3ccccc3cc21.Cc1c2ccccc2c(C)c2cc3ccccc3cc12.O=C1c2ccccc2C(=O)c2cc3ccccc3cc21.[CH3-].[Li+]. The van der Waals surface area contributed by atoms with Crippen LogP contribution in [0.1, 0.15) is 155 Å². The van der Waals surface area contributed by atoms with Crippen molar-refractivity contribution in [3.63, 3.8) is 0 Å². The summed E-state index contributed by atoms with van der Waals surface area (Å²) >= 11 is 0. The van der Waals surface area contributed by atoms with Gasteiger partial charge in [0.15, 0.2) is 17.3 Å². The minimum absolute atomic E-state index is 0. The molecule has 0 saturated heterocycles. The average molecular weight is 1190 g/mol. The normalized spacial score (nSPS) is 16.7. The summed E-state index contributed by atoms with van der Waals surface area (Å²) in [6, 6.07) is 79.0. The zero-order valence-electron chi connectivity index (χ0n) is 54.7. The van der Waals surface area contributed by atoms with Gasteiger partial charge in [0.05, 0.1) is 0 Å². The van der Waals surface area contributed by atoms with Gasteiger partial charge < -0.3 is 22.7 Å². The summed E-state index contributed by atoms with van der Waals surface area (Å²) in [7, 11) is 0. The van der Waals surface area contributed by atoms with Crippen molar-refractivity contribution >= 4 is 82.0 Å². The summed E-state index contributed by atoms with van der Waals surface area (Å²) < 4.78 is 0. The number of ketones is 3. The first-order valence-electron chi connectivity index (χ1n) is 31.0. The third-order valence-corrected chi connectivity index (χ3v) is 17.5. The molecule has 3 aliphatic carbocycles. The van der Waals surface area contributed by atoms with Gasteiger partial charge in [0, 0.05) is 33.4 Å². The van der Waals surface area contributed by atoms with Crippen LogP contribution in [-0.4, -0.2) is 32.7 Å². The zero-order valence-corrected chi connectivity index (χ0v) is 54.7. The van der Waals surface area contributed by atoms with E-state index in [1.807, 2.05) is 193 Å². The number of hydrogen-bond donors (Lipinski definition) is 3. The Morgan fingerprint density at radius 1 is 0.253 bits per heavy atom. The van der Waals surface area contributed by atoms with Crippen LogP contribution >= 0.6 is 0 Å². The number of aryl methyl sites for hydroxylation is 2. The molecule has 13 aromatic carbocycles. The molecule has 6 nitrogen and oxygen atoms in total. The molecule has 452 valence electrons. The van der Waals surface area contributed by atoms with Crippen LogP contribution in [-0.2, 0) is 16.8 Å². The summed E-state index contributed by atoms with van der Waals surface area (Å²) in [4.78, 5) is 37.8. The van der Waals surface area contributed by atoms with E-state index < -0.39 is 16.8 Å². The van der Waals surface area contributed by atoms with Gasteiger partial charge in [-0.05, 0) is 192 Å². The first-order valence-corrected chi connectivity index (χ1v) is 31.0. The molecule has 0 saturated carbocycles. The predicted molar refractivity (Wildman–Crippen MR) is 376 cm³/mol. The maximum Gasteiger partial charge on any atom is 1.00 e. The van der Waals surface area contributed by atoms with E-state index in [1.165, 1.54) is 43.4 Å². The van der Waals surface area contributed by atoms with Crippen LogP contribution in [0.15, 0.2) is 243 Å². The molecule has 0 heterocycles. The first kappa shape index (κ1) is 67.8. The predicted octanol–water partition coefficient (Wildman–Crippen LogP) is 17.2. The van der Waals surface area contributed by atoms with Crippen molar-refractivity contribution in [3.8, 4) is 0 Å². The van der Waals surface area contributed by atoms with E-state index in [9.17, 15) is 29.7 Å². The van der Waals surface area contributed by atoms with Gasteiger partial charge in [-0.25, -0.2) is 0 Å². The van der Waals surface area contributed by atoms with Crippen LogP contribution in [0.25, 0.3) is 64.6 Å². The summed E-state index contributed by atoms with van der Waals surface area (Å²) in [6.07, 6.45) is 0. The van der Waals surface area contributed by atoms with Gasteiger partial charge in [-0.2, -0.15) is 0 Å². The Morgan fingerprint density at radius 3 is 0.857 bits per heavy atom. The number of benzene rings is 13. The quantitative estimate of drug-likeness (QED) is 0.0792. The van der Waals surface area contributed by atoms with E-state index in [0.717, 1.165) is 54.6 Å². The van der Waals surface area contributed by atoms with Crippen molar-refractivity contribution in [1.29, 1.82) is 0 Å². The number of carbonyl (C=O) groups excluding carboxylic acids is 3. The van der Waals surface area contributed by atoms with Gasteiger partial charge in [-0.1, -0.05) is 236 Å². The van der Waals surface area contributed by atoms with Crippen LogP contribution in [0.2, 0.25) is 0 Å². The third-order valence-electron chi connectivity index (χ3n) is 17.5. The molecule has 0 bridgehead atoms. The zero-order chi connectivity index (χ0) is 63.5. The molecular formula is C84H79LiO6. The summed E-state index contributed by atoms with van der Waals surface area (Å²) in [5.74, 6) is -0.153. The number of rotatable bonds is 0. The molecule has 0 fully saturated rings. The van der Waals surface area contributed by atoms with E-state index in [4.69, 9.17) is 0 Å². The van der Waals surface area contributed by atoms with E-state index in [0.29, 0.717) is 44.5 Å². The summed E-state index contributed by atoms with van der Waals surface area (Å²) in [6.45, 7) is 21.8. The van der Waals surface area contributed by atoms with E-state index in [2.05, 4.69) is 74.5 Å². The molecule has 0 aliphatic heterocycles. The smallest absolute Gasteiger partial charge is 0.381 e. The summed E-state index contributed by atoms with van der Waals surface area (Å²) in [5.41, 5.74) is 7.03. The molecule has 13 aromatic rings. The Kier molecular flexibility index (Phi) is 20.8. The molecule has 3 aliphatic rings. The molecule has 3 atom stereocenters. The minimum Gasteiger partial charge on any atom is -0.381 e. The van der Waals surface area contributed by atoms with Crippen molar-refractivity contribution in [2.75, 3.05) is 0 Å². The average Bonchev–Trinajstić information content (AvgIpc) is 0.736. The maximum atomic E-state index is 12.7. The number of carbonyl (C=O) groups is 3. The second kappa shape index (κ2) is 28.0. The minimum atomic E-state index is -1.15. The van der Waals surface area contributed by atoms with Gasteiger partial charge in [-0.15, -0.1) is 0 Å². The van der Waals surface area contributed by atoms with Crippen molar-refractivity contribution in [1.82, 2.24) is 0 Å². The van der Waals surface area contributed by atoms with E-state index in [1.54, 1.807) is 51.1 Å². The molecule has 0 spiro atoms. The molecule has 0 aromatic heterocycles. The third kappa shape index (κ3) is 12.2. The van der Waals surface area contributed by atoms with Gasteiger partial charge >= 0.3 is 18.9 Å². The standard InChI is InChI=1S/C20H18O2.C20H16.C19H14O2.C18H10O2.3C2H6.CH3.Li/c1-19(21)15-9-5-6-10-16(15)20(2,22)18-12-14-8-4-3-7-13(14)11-17(18)19;1-13-17-9-5-6-10-18(17)14(2)20-12-16-8-4-3-7-15(16)11-19(13)20;1-19(21)16-9-5-4-8-14(16)18(20)15-10-12-6-2-3-7-13(12)11-17(15)19;19-17-13-7-3-4-8-14(13)18(20)16-10-12-6-2-1-5-11(12)9-15(16)17;3*1-2;;/h3-12,21-22H,1-2H3;3-12H,1-2H3;2-11,21H,1H3;1-10H;3*1-2H3;1H3;/q;;;;;;;-1;+1. The van der Waals surface area contributed by atoms with E-state index >= 15 is 0 Å². The van der Waals surface area contributed by atoms with Gasteiger partial charge in [0.1, 0.15) is 16.8 Å². The Bertz CT molecular complexity index is 4650. The Balaban J connectivity index is 0.000000151. The fourth-order valence-electron chi connectivity index (χ4n) is 13.0. The molecule has 16 rings (SSSR count). The largest absolute Gasteiger partial charge is 1.00 e. The number of fused-ring (bicyclic) bond motifs is 12. The Hall–Kier alpha value is -9.09. The number of aliphatic hydroxyl groups is 3. The van der Waals surface area contributed by atoms with Crippen molar-refractivity contribution in [3.05, 3.63) is 328 Å². The van der Waals surface area contributed by atoms with Crippen molar-refractivity contribution in [2.45, 2.75) is 93.0 Å². The van der Waals surface area contributed by atoms with Crippen LogP contribution in [0.4, 0.5) is 0 Å². The second-order valence-corrected chi connectivity index (χ2v) is 22.6. The van der Waals surface area contributed by atoms with Crippen LogP contribution in [0.3, 0.4) is 0 Å². The van der Waals surface area contributed by atoms with Crippen LogP contribution in [0, 0.1) is 21.3 Å². The number of hydrogen-bond acceptors (Lipinski definition) is 6. The van der Waals surface area contributed by atoms with Gasteiger partial charge in [-0.3, -0.25) is 14.4 Å². The van der Waals surface area contributed by atoms with Crippen molar-refractivity contribution in [2.24, 2.45) is 0 Å². The molecule has 0 radical (unpaired) electrons. The molecule has 3 N–H and O–H groups in total. The Labute approximate surface area is 548 Å². The van der Waals surface area contributed by atoms with Crippen LogP contribution in [0.5, 0.6) is 0 Å². The van der Waals surface area contributed by atoms with Gasteiger partial charge in [0.25, 0.3) is 0 Å². The fraction of sp³-hybridized carbons (Fsp3) is 0.167. The monoisotopic (exact) mass is 1190 g/mol. The van der Waals surface area contributed by atoms with E-state index in [-0.39, 0.29) is 43.6 Å². The van der Waals surface area contributed by atoms with Crippen LogP contribution < -0.4 is 18.9 Å². The molecule has 0 amide bonds. The fourth-order valence-corrected chi connectivity index (χ4v) is 13.0. The van der Waals surface area contributed by atoms with Gasteiger partial charge in [0.2, 0.25) is 0 Å². The Morgan fingerprint density at radius 2 is 0.495 bits per heavy atom. The maximum absolute atomic E-state index is 12.7. The second-order valence-electron chi connectivity index (χ2n) is 22.6. The molecule has 3 unspecified atom stereocenters. The first-order chi connectivity index (χ1) is 43.0. The molecule has 91 heavy (non-hydrogen) atoms. The molecular weight excluding hydrogens is 1110 g/mol. The summed E-state index contributed by atoms with van der Waals surface area (Å²) in [5, 5.41) is 47.6. The topological polar surface area (TPSA) is 112 Å². The molecule has 7 heteroatoms.